The molecule has 0 saturated heterocycles. The van der Waals surface area contributed by atoms with E-state index in [0.717, 1.165) is 38.4 Å². The molecule has 18 heavy (non-hydrogen) atoms. The Morgan fingerprint density at radius 2 is 1.94 bits per heavy atom. The van der Waals surface area contributed by atoms with Crippen LogP contribution in [-0.4, -0.2) is 13.1 Å². The highest BCUT2D eigenvalue weighted by molar-refractivity contribution is 5.26. The molecule has 0 heterocycles. The molecule has 2 rings (SSSR count). The van der Waals surface area contributed by atoms with Gasteiger partial charge in [-0.3, -0.25) is 0 Å². The molecule has 1 aromatic rings. The summed E-state index contributed by atoms with van der Waals surface area (Å²) in [5.74, 6) is -3.13. The first-order valence-electron chi connectivity index (χ1n) is 6.49. The average Bonchev–Trinajstić information content (AvgIpc) is 2.34. The van der Waals surface area contributed by atoms with Crippen LogP contribution in [0.25, 0.3) is 0 Å². The molecule has 1 aliphatic rings. The van der Waals surface area contributed by atoms with E-state index in [1.54, 1.807) is 0 Å². The quantitative estimate of drug-likeness (QED) is 0.628. The highest BCUT2D eigenvalue weighted by Crippen LogP contribution is 2.43. The van der Waals surface area contributed by atoms with Crippen molar-refractivity contribution in [3.8, 4) is 0 Å². The molecule has 0 aromatic heterocycles. The van der Waals surface area contributed by atoms with Crippen LogP contribution in [0.2, 0.25) is 0 Å². The van der Waals surface area contributed by atoms with E-state index in [2.05, 4.69) is 12.2 Å². The molecular weight excluding hydrogens is 239 g/mol. The number of nitrogens with one attached hydrogen (secondary N) is 1. The van der Waals surface area contributed by atoms with Crippen molar-refractivity contribution in [1.29, 1.82) is 0 Å². The van der Waals surface area contributed by atoms with Gasteiger partial charge in [0.25, 0.3) is 0 Å². The lowest BCUT2D eigenvalue weighted by molar-refractivity contribution is 0.238. The number of rotatable bonds is 5. The molecule has 0 amide bonds. The molecule has 1 aromatic carbocycles. The third-order valence-electron chi connectivity index (χ3n) is 3.72. The molecular formula is C14H18F3N. The van der Waals surface area contributed by atoms with E-state index in [0.29, 0.717) is 11.5 Å². The summed E-state index contributed by atoms with van der Waals surface area (Å²) in [5.41, 5.74) is 0.323. The van der Waals surface area contributed by atoms with Crippen molar-refractivity contribution in [1.82, 2.24) is 5.32 Å². The summed E-state index contributed by atoms with van der Waals surface area (Å²) in [6.45, 7) is 3.83. The van der Waals surface area contributed by atoms with Crippen LogP contribution in [0.1, 0.15) is 37.7 Å². The van der Waals surface area contributed by atoms with Gasteiger partial charge in [-0.1, -0.05) is 13.0 Å². The van der Waals surface area contributed by atoms with Crippen LogP contribution >= 0.6 is 0 Å². The summed E-state index contributed by atoms with van der Waals surface area (Å²) in [6.07, 6.45) is 2.91. The fraction of sp³-hybridized carbons (Fsp3) is 0.571. The Morgan fingerprint density at radius 1 is 1.17 bits per heavy atom. The monoisotopic (exact) mass is 257 g/mol. The smallest absolute Gasteiger partial charge is 0.194 e. The molecule has 0 bridgehead atoms. The van der Waals surface area contributed by atoms with Gasteiger partial charge >= 0.3 is 0 Å². The fourth-order valence-electron chi connectivity index (χ4n) is 2.51. The summed E-state index contributed by atoms with van der Waals surface area (Å²) >= 11 is 0. The third-order valence-corrected chi connectivity index (χ3v) is 3.72. The molecule has 0 aliphatic heterocycles. The zero-order valence-electron chi connectivity index (χ0n) is 10.5. The number of hydrogen-bond donors (Lipinski definition) is 1. The average molecular weight is 257 g/mol. The second-order valence-corrected chi connectivity index (χ2v) is 4.91. The van der Waals surface area contributed by atoms with Gasteiger partial charge in [-0.05, 0) is 55.8 Å². The minimum absolute atomic E-state index is 0.0180. The molecule has 0 radical (unpaired) electrons. The van der Waals surface area contributed by atoms with Gasteiger partial charge in [-0.25, -0.2) is 13.2 Å². The van der Waals surface area contributed by atoms with Gasteiger partial charge in [0.2, 0.25) is 0 Å². The van der Waals surface area contributed by atoms with E-state index in [9.17, 15) is 13.2 Å². The second-order valence-electron chi connectivity index (χ2n) is 4.91. The maximum Gasteiger partial charge on any atom is 0.194 e. The lowest BCUT2D eigenvalue weighted by atomic mass is 9.70. The van der Waals surface area contributed by atoms with Crippen LogP contribution in [0.5, 0.6) is 0 Å². The molecule has 2 unspecified atom stereocenters. The molecule has 1 saturated carbocycles. The predicted molar refractivity (Wildman–Crippen MR) is 64.9 cm³/mol. The number of benzene rings is 1. The van der Waals surface area contributed by atoms with Gasteiger partial charge in [0.05, 0.1) is 0 Å². The lowest BCUT2D eigenvalue weighted by Crippen LogP contribution is -2.34. The van der Waals surface area contributed by atoms with Crippen LogP contribution < -0.4 is 5.32 Å². The minimum atomic E-state index is -1.35. The molecule has 1 aliphatic carbocycles. The summed E-state index contributed by atoms with van der Waals surface area (Å²) in [4.78, 5) is 0. The third kappa shape index (κ3) is 2.53. The van der Waals surface area contributed by atoms with Crippen LogP contribution in [0.4, 0.5) is 13.2 Å². The molecule has 1 fully saturated rings. The van der Waals surface area contributed by atoms with E-state index >= 15 is 0 Å². The Bertz CT molecular complexity index is 420. The van der Waals surface area contributed by atoms with Crippen molar-refractivity contribution >= 4 is 0 Å². The van der Waals surface area contributed by atoms with Crippen molar-refractivity contribution in [2.45, 2.75) is 32.1 Å². The van der Waals surface area contributed by atoms with E-state index in [4.69, 9.17) is 0 Å². The van der Waals surface area contributed by atoms with Crippen LogP contribution in [0, 0.1) is 23.4 Å². The Labute approximate surface area is 105 Å². The Morgan fingerprint density at radius 3 is 2.56 bits per heavy atom. The van der Waals surface area contributed by atoms with Crippen LogP contribution in [0.15, 0.2) is 12.1 Å². The first kappa shape index (κ1) is 13.4. The summed E-state index contributed by atoms with van der Waals surface area (Å²) in [7, 11) is 0. The molecule has 100 valence electrons. The van der Waals surface area contributed by atoms with Crippen LogP contribution in [0.3, 0.4) is 0 Å². The summed E-state index contributed by atoms with van der Waals surface area (Å²) in [6, 6.07) is 2.40. The normalized spacial score (nSPS) is 22.9. The summed E-state index contributed by atoms with van der Waals surface area (Å²) < 4.78 is 39.7. The van der Waals surface area contributed by atoms with E-state index in [1.807, 2.05) is 0 Å². The van der Waals surface area contributed by atoms with E-state index in [-0.39, 0.29) is 5.92 Å². The highest BCUT2D eigenvalue weighted by atomic mass is 19.2. The Kier molecular flexibility index (Phi) is 4.27. The lowest BCUT2D eigenvalue weighted by Gasteiger charge is -2.37. The van der Waals surface area contributed by atoms with Gasteiger partial charge in [0.15, 0.2) is 17.5 Å². The Balaban J connectivity index is 2.06. The van der Waals surface area contributed by atoms with Crippen molar-refractivity contribution in [3.63, 3.8) is 0 Å². The predicted octanol–water partition coefficient (Wildman–Crippen LogP) is 3.60. The van der Waals surface area contributed by atoms with Gasteiger partial charge < -0.3 is 5.32 Å². The largest absolute Gasteiger partial charge is 0.316 e. The fourth-order valence-corrected chi connectivity index (χ4v) is 2.51. The van der Waals surface area contributed by atoms with Crippen LogP contribution in [-0.2, 0) is 0 Å². The van der Waals surface area contributed by atoms with Gasteiger partial charge in [0.1, 0.15) is 0 Å². The molecule has 2 atom stereocenters. The van der Waals surface area contributed by atoms with E-state index in [1.165, 1.54) is 6.07 Å². The van der Waals surface area contributed by atoms with Crippen molar-refractivity contribution in [3.05, 3.63) is 35.1 Å². The van der Waals surface area contributed by atoms with Gasteiger partial charge in [0, 0.05) is 0 Å². The highest BCUT2D eigenvalue weighted by Gasteiger charge is 2.34. The maximum atomic E-state index is 13.7. The first-order valence-corrected chi connectivity index (χ1v) is 6.49. The van der Waals surface area contributed by atoms with E-state index < -0.39 is 17.5 Å². The standard InChI is InChI=1S/C14H18F3N/c1-2-7-18-8-9-3-4-10(9)11-5-6-12(15)14(17)13(11)16/h5-6,9-10,18H,2-4,7-8H2,1H3. The van der Waals surface area contributed by atoms with Crippen molar-refractivity contribution in [2.24, 2.45) is 5.92 Å². The first-order chi connectivity index (χ1) is 8.65. The van der Waals surface area contributed by atoms with Gasteiger partial charge in [-0.15, -0.1) is 0 Å². The number of hydrogen-bond acceptors (Lipinski definition) is 1. The second kappa shape index (κ2) is 5.74. The van der Waals surface area contributed by atoms with Gasteiger partial charge in [-0.2, -0.15) is 0 Å². The maximum absolute atomic E-state index is 13.7. The zero-order chi connectivity index (χ0) is 13.1. The summed E-state index contributed by atoms with van der Waals surface area (Å²) in [5, 5.41) is 3.29. The van der Waals surface area contributed by atoms with Crippen molar-refractivity contribution in [2.75, 3.05) is 13.1 Å². The molecule has 1 nitrogen and oxygen atoms in total. The van der Waals surface area contributed by atoms with Crippen molar-refractivity contribution < 1.29 is 13.2 Å². The molecule has 4 heteroatoms. The topological polar surface area (TPSA) is 12.0 Å². The minimum Gasteiger partial charge on any atom is -0.316 e. The number of halogens is 3. The zero-order valence-corrected chi connectivity index (χ0v) is 10.5. The molecule has 0 spiro atoms. The SMILES string of the molecule is CCCNCC1CCC1c1ccc(F)c(F)c1F. The molecule has 1 N–H and O–H groups in total. The Hall–Kier alpha value is -1.03.